The molecule has 128 valence electrons. The number of carboxylic acid groups (broad SMARTS) is 1. The summed E-state index contributed by atoms with van der Waals surface area (Å²) in [5.74, 6) is -1.42. The Balaban J connectivity index is 1.77. The first-order valence-corrected chi connectivity index (χ1v) is 7.31. The summed E-state index contributed by atoms with van der Waals surface area (Å²) in [5, 5.41) is 11.4. The summed E-state index contributed by atoms with van der Waals surface area (Å²) in [6.45, 7) is 0.0407. The topological polar surface area (TPSA) is 173 Å². The van der Waals surface area contributed by atoms with Crippen LogP contribution >= 0.6 is 11.6 Å². The molecule has 0 aliphatic carbocycles. The number of carbonyl (C=O) groups is 2. The number of anilines is 2. The van der Waals surface area contributed by atoms with Gasteiger partial charge < -0.3 is 26.9 Å². The number of hydrogen-bond donors (Lipinski definition) is 5. The second kappa shape index (κ2) is 6.24. The second-order valence-electron chi connectivity index (χ2n) is 5.04. The molecule has 2 heterocycles. The number of imidazole rings is 1. The second-order valence-corrected chi connectivity index (χ2v) is 5.39. The Kier molecular flexibility index (Phi) is 4.11. The molecule has 0 spiro atoms. The largest absolute Gasteiger partial charge is 0.478 e. The number of aromatic amines is 1. The molecule has 0 saturated carbocycles. The maximum atomic E-state index is 12.1. The first-order valence-electron chi connectivity index (χ1n) is 6.93. The van der Waals surface area contributed by atoms with Crippen molar-refractivity contribution in [1.29, 1.82) is 0 Å². The zero-order valence-electron chi connectivity index (χ0n) is 12.6. The molecule has 1 aromatic carbocycles. The number of nitrogens with one attached hydrogen (secondary N) is 2. The lowest BCUT2D eigenvalue weighted by atomic mass is 10.2. The van der Waals surface area contributed by atoms with Crippen molar-refractivity contribution in [3.05, 3.63) is 40.4 Å². The van der Waals surface area contributed by atoms with Crippen LogP contribution in [0.3, 0.4) is 0 Å². The van der Waals surface area contributed by atoms with Crippen molar-refractivity contribution >= 4 is 46.1 Å². The van der Waals surface area contributed by atoms with Crippen molar-refractivity contribution in [1.82, 2.24) is 25.3 Å². The van der Waals surface area contributed by atoms with E-state index in [0.717, 1.165) is 0 Å². The molecule has 25 heavy (non-hydrogen) atoms. The molecule has 10 nitrogen and oxygen atoms in total. The van der Waals surface area contributed by atoms with E-state index in [2.05, 4.69) is 25.3 Å². The third-order valence-corrected chi connectivity index (χ3v) is 3.59. The molecule has 3 aromatic rings. The van der Waals surface area contributed by atoms with Gasteiger partial charge in [0.2, 0.25) is 0 Å². The van der Waals surface area contributed by atoms with Crippen molar-refractivity contribution in [2.24, 2.45) is 0 Å². The predicted octanol–water partition coefficient (Wildman–Crippen LogP) is 0.799. The van der Waals surface area contributed by atoms with E-state index in [-0.39, 0.29) is 34.6 Å². The summed E-state index contributed by atoms with van der Waals surface area (Å²) in [6, 6.07) is 4.48. The van der Waals surface area contributed by atoms with Gasteiger partial charge in [-0.1, -0.05) is 11.6 Å². The van der Waals surface area contributed by atoms with Crippen molar-refractivity contribution in [2.75, 3.05) is 11.5 Å². The standard InChI is InChI=1S/C14H12ClN7O3/c15-10-12(17)22-11(16)9(21-10)13(23)18-4-8-19-6-2-1-5(14(24)25)3-7(6)20-8/h1-3H,4H2,(H,18,23)(H,19,20)(H,24,25)(H4,16,17,22). The van der Waals surface area contributed by atoms with E-state index in [9.17, 15) is 9.59 Å². The Morgan fingerprint density at radius 1 is 1.20 bits per heavy atom. The highest BCUT2D eigenvalue weighted by molar-refractivity contribution is 6.31. The monoisotopic (exact) mass is 361 g/mol. The Labute approximate surface area is 145 Å². The molecule has 1 amide bonds. The van der Waals surface area contributed by atoms with Gasteiger partial charge in [-0.2, -0.15) is 0 Å². The number of aromatic carboxylic acids is 1. The zero-order valence-corrected chi connectivity index (χ0v) is 13.3. The number of fused-ring (bicyclic) bond motifs is 1. The Morgan fingerprint density at radius 2 is 1.96 bits per heavy atom. The first kappa shape index (κ1) is 16.5. The number of H-pyrrole nitrogens is 1. The average molecular weight is 362 g/mol. The quantitative estimate of drug-likeness (QED) is 0.453. The first-order chi connectivity index (χ1) is 11.8. The van der Waals surface area contributed by atoms with Crippen molar-refractivity contribution in [3.8, 4) is 0 Å². The Bertz CT molecular complexity index is 1000. The molecule has 0 aliphatic rings. The van der Waals surface area contributed by atoms with Gasteiger partial charge >= 0.3 is 5.97 Å². The van der Waals surface area contributed by atoms with Crippen LogP contribution in [0.15, 0.2) is 18.2 Å². The lowest BCUT2D eigenvalue weighted by molar-refractivity contribution is 0.0696. The summed E-state index contributed by atoms with van der Waals surface area (Å²) in [7, 11) is 0. The Morgan fingerprint density at radius 3 is 2.68 bits per heavy atom. The van der Waals surface area contributed by atoms with E-state index < -0.39 is 11.9 Å². The molecule has 0 bridgehead atoms. The zero-order chi connectivity index (χ0) is 18.1. The fourth-order valence-electron chi connectivity index (χ4n) is 2.14. The van der Waals surface area contributed by atoms with Crippen LogP contribution in [0.4, 0.5) is 11.6 Å². The van der Waals surface area contributed by atoms with E-state index >= 15 is 0 Å². The van der Waals surface area contributed by atoms with Crippen molar-refractivity contribution < 1.29 is 14.7 Å². The summed E-state index contributed by atoms with van der Waals surface area (Å²) < 4.78 is 0. The van der Waals surface area contributed by atoms with Crippen LogP contribution in [0.1, 0.15) is 26.7 Å². The number of rotatable bonds is 4. The van der Waals surface area contributed by atoms with E-state index in [0.29, 0.717) is 16.9 Å². The summed E-state index contributed by atoms with van der Waals surface area (Å²) >= 11 is 5.74. The summed E-state index contributed by atoms with van der Waals surface area (Å²) in [6.07, 6.45) is 0. The minimum atomic E-state index is -1.04. The number of carbonyl (C=O) groups excluding carboxylic acids is 1. The summed E-state index contributed by atoms with van der Waals surface area (Å²) in [4.78, 5) is 37.8. The van der Waals surface area contributed by atoms with E-state index in [1.54, 1.807) is 6.07 Å². The minimum absolute atomic E-state index is 0.0407. The third kappa shape index (κ3) is 3.28. The third-order valence-electron chi connectivity index (χ3n) is 3.31. The smallest absolute Gasteiger partial charge is 0.335 e. The number of hydrogen-bond acceptors (Lipinski definition) is 7. The number of nitrogens with zero attached hydrogens (tertiary/aromatic N) is 3. The fraction of sp³-hybridized carbons (Fsp3) is 0.0714. The number of halogens is 1. The van der Waals surface area contributed by atoms with Crippen molar-refractivity contribution in [2.45, 2.75) is 6.54 Å². The molecule has 3 rings (SSSR count). The van der Waals surface area contributed by atoms with Crippen molar-refractivity contribution in [3.63, 3.8) is 0 Å². The van der Waals surface area contributed by atoms with E-state index in [4.69, 9.17) is 28.2 Å². The molecule has 2 aromatic heterocycles. The highest BCUT2D eigenvalue weighted by Gasteiger charge is 2.16. The van der Waals surface area contributed by atoms with Gasteiger partial charge in [-0.05, 0) is 18.2 Å². The average Bonchev–Trinajstić information content (AvgIpc) is 2.97. The Hall–Kier alpha value is -3.40. The molecule has 0 aliphatic heterocycles. The lowest BCUT2D eigenvalue weighted by Crippen LogP contribution is -2.26. The van der Waals surface area contributed by atoms with Crippen LogP contribution in [0.5, 0.6) is 0 Å². The van der Waals surface area contributed by atoms with Gasteiger partial charge in [0.1, 0.15) is 5.82 Å². The molecule has 0 fully saturated rings. The van der Waals surface area contributed by atoms with Gasteiger partial charge in [0.05, 0.1) is 23.1 Å². The van der Waals surface area contributed by atoms with Crippen LogP contribution < -0.4 is 16.8 Å². The molecule has 0 saturated heterocycles. The maximum absolute atomic E-state index is 12.1. The maximum Gasteiger partial charge on any atom is 0.335 e. The van der Waals surface area contributed by atoms with Gasteiger partial charge in [-0.3, -0.25) is 4.79 Å². The normalized spacial score (nSPS) is 10.8. The van der Waals surface area contributed by atoms with Gasteiger partial charge in [-0.15, -0.1) is 0 Å². The highest BCUT2D eigenvalue weighted by Crippen LogP contribution is 2.17. The lowest BCUT2D eigenvalue weighted by Gasteiger charge is -2.06. The van der Waals surface area contributed by atoms with Crippen LogP contribution in [0, 0.1) is 0 Å². The SMILES string of the molecule is Nc1nc(N)c(C(=O)NCc2nc3ccc(C(=O)O)cc3[nH]2)nc1Cl. The number of aromatic nitrogens is 4. The van der Waals surface area contributed by atoms with Crippen LogP contribution in [-0.4, -0.2) is 36.9 Å². The number of amides is 1. The minimum Gasteiger partial charge on any atom is -0.478 e. The number of benzene rings is 1. The van der Waals surface area contributed by atoms with E-state index in [1.165, 1.54) is 12.1 Å². The highest BCUT2D eigenvalue weighted by atomic mass is 35.5. The molecule has 0 atom stereocenters. The molecule has 7 N–H and O–H groups in total. The van der Waals surface area contributed by atoms with Crippen LogP contribution in [0.25, 0.3) is 11.0 Å². The number of nitrogen functional groups attached to an aromatic ring is 2. The van der Waals surface area contributed by atoms with Gasteiger partial charge in [-0.25, -0.2) is 19.7 Å². The van der Waals surface area contributed by atoms with E-state index in [1.807, 2.05) is 0 Å². The van der Waals surface area contributed by atoms with Gasteiger partial charge in [0, 0.05) is 0 Å². The molecular weight excluding hydrogens is 350 g/mol. The number of nitrogens with two attached hydrogens (primary N) is 2. The molecule has 0 radical (unpaired) electrons. The number of carboxylic acids is 1. The van der Waals surface area contributed by atoms with Crippen LogP contribution in [0.2, 0.25) is 5.15 Å². The molecule has 11 heteroatoms. The molecular formula is C14H12ClN7O3. The fourth-order valence-corrected chi connectivity index (χ4v) is 2.26. The predicted molar refractivity (Wildman–Crippen MR) is 90.1 cm³/mol. The van der Waals surface area contributed by atoms with Gasteiger partial charge in [0.25, 0.3) is 5.91 Å². The van der Waals surface area contributed by atoms with Crippen LogP contribution in [-0.2, 0) is 6.54 Å². The molecule has 0 unspecified atom stereocenters. The van der Waals surface area contributed by atoms with Gasteiger partial charge in [0.15, 0.2) is 22.5 Å². The summed E-state index contributed by atoms with van der Waals surface area (Å²) in [5.41, 5.74) is 12.2.